The SMILES string of the molecule is CCCc1ccc(CNC(=O)c2cc(C=O)cc(OC)c2)cc1. The van der Waals surface area contributed by atoms with Crippen molar-refractivity contribution in [3.63, 3.8) is 0 Å². The van der Waals surface area contributed by atoms with Gasteiger partial charge in [0.15, 0.2) is 0 Å². The van der Waals surface area contributed by atoms with Gasteiger partial charge in [-0.3, -0.25) is 9.59 Å². The summed E-state index contributed by atoms with van der Waals surface area (Å²) >= 11 is 0. The molecular weight excluding hydrogens is 290 g/mol. The molecule has 120 valence electrons. The second-order valence-corrected chi connectivity index (χ2v) is 5.36. The number of aldehydes is 1. The lowest BCUT2D eigenvalue weighted by atomic mass is 10.1. The topological polar surface area (TPSA) is 55.4 Å². The van der Waals surface area contributed by atoms with Crippen LogP contribution in [0.5, 0.6) is 5.75 Å². The van der Waals surface area contributed by atoms with Gasteiger partial charge < -0.3 is 10.1 Å². The predicted molar refractivity (Wildman–Crippen MR) is 90.0 cm³/mol. The standard InChI is InChI=1S/C19H21NO3/c1-3-4-14-5-7-15(8-6-14)12-20-19(22)17-9-16(13-21)10-18(11-17)23-2/h5-11,13H,3-4,12H2,1-2H3,(H,20,22). The minimum Gasteiger partial charge on any atom is -0.497 e. The molecule has 0 fully saturated rings. The fourth-order valence-corrected chi connectivity index (χ4v) is 2.34. The van der Waals surface area contributed by atoms with E-state index in [0.717, 1.165) is 18.4 Å². The van der Waals surface area contributed by atoms with Crippen molar-refractivity contribution in [1.82, 2.24) is 5.32 Å². The van der Waals surface area contributed by atoms with E-state index in [1.165, 1.54) is 12.7 Å². The molecule has 1 N–H and O–H groups in total. The van der Waals surface area contributed by atoms with Gasteiger partial charge in [-0.1, -0.05) is 37.6 Å². The number of nitrogens with one attached hydrogen (secondary N) is 1. The first kappa shape index (κ1) is 16.7. The summed E-state index contributed by atoms with van der Waals surface area (Å²) in [5.41, 5.74) is 3.16. The third-order valence-corrected chi connectivity index (χ3v) is 3.58. The van der Waals surface area contributed by atoms with Crippen molar-refractivity contribution < 1.29 is 14.3 Å². The van der Waals surface area contributed by atoms with E-state index in [2.05, 4.69) is 24.4 Å². The van der Waals surface area contributed by atoms with E-state index >= 15 is 0 Å². The Kier molecular flexibility index (Phi) is 5.92. The molecule has 4 nitrogen and oxygen atoms in total. The second-order valence-electron chi connectivity index (χ2n) is 5.36. The van der Waals surface area contributed by atoms with E-state index in [4.69, 9.17) is 4.74 Å². The Balaban J connectivity index is 2.03. The van der Waals surface area contributed by atoms with Crippen molar-refractivity contribution in [2.45, 2.75) is 26.3 Å². The molecule has 0 spiro atoms. The van der Waals surface area contributed by atoms with E-state index in [0.29, 0.717) is 29.7 Å². The average molecular weight is 311 g/mol. The van der Waals surface area contributed by atoms with Crippen LogP contribution in [0.25, 0.3) is 0 Å². The van der Waals surface area contributed by atoms with Crippen LogP contribution in [0.15, 0.2) is 42.5 Å². The first-order valence-electron chi connectivity index (χ1n) is 7.66. The predicted octanol–water partition coefficient (Wildman–Crippen LogP) is 3.39. The van der Waals surface area contributed by atoms with Crippen LogP contribution in [0.2, 0.25) is 0 Å². The number of hydrogen-bond donors (Lipinski definition) is 1. The Morgan fingerprint density at radius 2 is 1.83 bits per heavy atom. The summed E-state index contributed by atoms with van der Waals surface area (Å²) in [6.45, 7) is 2.59. The second kappa shape index (κ2) is 8.13. The number of rotatable bonds is 7. The largest absolute Gasteiger partial charge is 0.497 e. The van der Waals surface area contributed by atoms with Gasteiger partial charge in [-0.15, -0.1) is 0 Å². The summed E-state index contributed by atoms with van der Waals surface area (Å²) in [6, 6.07) is 13.0. The number of amides is 1. The molecule has 4 heteroatoms. The molecule has 0 aromatic heterocycles. The third kappa shape index (κ3) is 4.68. The van der Waals surface area contributed by atoms with Crippen LogP contribution in [-0.2, 0) is 13.0 Å². The van der Waals surface area contributed by atoms with Gasteiger partial charge in [-0.05, 0) is 35.7 Å². The Morgan fingerprint density at radius 1 is 1.13 bits per heavy atom. The molecule has 0 bridgehead atoms. The van der Waals surface area contributed by atoms with E-state index < -0.39 is 0 Å². The van der Waals surface area contributed by atoms with Gasteiger partial charge in [-0.2, -0.15) is 0 Å². The van der Waals surface area contributed by atoms with Gasteiger partial charge in [0.1, 0.15) is 12.0 Å². The van der Waals surface area contributed by atoms with Crippen LogP contribution in [0.1, 0.15) is 45.2 Å². The number of aryl methyl sites for hydroxylation is 1. The molecule has 2 aromatic carbocycles. The third-order valence-electron chi connectivity index (χ3n) is 3.58. The molecule has 23 heavy (non-hydrogen) atoms. The first-order chi connectivity index (χ1) is 11.2. The van der Waals surface area contributed by atoms with Crippen molar-refractivity contribution in [3.8, 4) is 5.75 Å². The summed E-state index contributed by atoms with van der Waals surface area (Å²) in [5.74, 6) is 0.258. The Bertz CT molecular complexity index is 678. The smallest absolute Gasteiger partial charge is 0.251 e. The van der Waals surface area contributed by atoms with Crippen molar-refractivity contribution in [1.29, 1.82) is 0 Å². The monoisotopic (exact) mass is 311 g/mol. The molecule has 1 amide bonds. The van der Waals surface area contributed by atoms with Crippen LogP contribution in [0.3, 0.4) is 0 Å². The van der Waals surface area contributed by atoms with E-state index in [-0.39, 0.29) is 5.91 Å². The van der Waals surface area contributed by atoms with Crippen LogP contribution < -0.4 is 10.1 Å². The molecule has 0 atom stereocenters. The fraction of sp³-hybridized carbons (Fsp3) is 0.263. The van der Waals surface area contributed by atoms with Gasteiger partial charge >= 0.3 is 0 Å². The fourth-order valence-electron chi connectivity index (χ4n) is 2.34. The van der Waals surface area contributed by atoms with Gasteiger partial charge in [0, 0.05) is 17.7 Å². The molecule has 0 aliphatic carbocycles. The number of hydrogen-bond acceptors (Lipinski definition) is 3. The van der Waals surface area contributed by atoms with E-state index in [1.807, 2.05) is 12.1 Å². The maximum atomic E-state index is 12.2. The number of benzene rings is 2. The Hall–Kier alpha value is -2.62. The molecule has 2 rings (SSSR count). The van der Waals surface area contributed by atoms with Crippen molar-refractivity contribution >= 4 is 12.2 Å². The highest BCUT2D eigenvalue weighted by Gasteiger charge is 2.09. The highest BCUT2D eigenvalue weighted by molar-refractivity contribution is 5.96. The lowest BCUT2D eigenvalue weighted by Crippen LogP contribution is -2.23. The summed E-state index contributed by atoms with van der Waals surface area (Å²) in [7, 11) is 1.50. The zero-order valence-corrected chi connectivity index (χ0v) is 13.5. The zero-order chi connectivity index (χ0) is 16.7. The van der Waals surface area contributed by atoms with Gasteiger partial charge in [0.2, 0.25) is 0 Å². The number of ether oxygens (including phenoxy) is 1. The lowest BCUT2D eigenvalue weighted by molar-refractivity contribution is 0.0950. The summed E-state index contributed by atoms with van der Waals surface area (Å²) in [5, 5.41) is 2.86. The number of methoxy groups -OCH3 is 1. The molecule has 0 aliphatic rings. The maximum Gasteiger partial charge on any atom is 0.251 e. The normalized spacial score (nSPS) is 10.2. The first-order valence-corrected chi connectivity index (χ1v) is 7.66. The number of carbonyl (C=O) groups excluding carboxylic acids is 2. The molecule has 0 unspecified atom stereocenters. The molecule has 0 aliphatic heterocycles. The minimum atomic E-state index is -0.232. The lowest BCUT2D eigenvalue weighted by Gasteiger charge is -2.08. The Morgan fingerprint density at radius 3 is 2.43 bits per heavy atom. The van der Waals surface area contributed by atoms with E-state index in [9.17, 15) is 9.59 Å². The summed E-state index contributed by atoms with van der Waals surface area (Å²) < 4.78 is 5.11. The average Bonchev–Trinajstić information content (AvgIpc) is 2.60. The van der Waals surface area contributed by atoms with Crippen LogP contribution in [-0.4, -0.2) is 19.3 Å². The van der Waals surface area contributed by atoms with Crippen LogP contribution >= 0.6 is 0 Å². The number of carbonyl (C=O) groups is 2. The van der Waals surface area contributed by atoms with Gasteiger partial charge in [0.05, 0.1) is 7.11 Å². The molecule has 0 heterocycles. The molecule has 2 aromatic rings. The Labute approximate surface area is 136 Å². The van der Waals surface area contributed by atoms with Crippen molar-refractivity contribution in [2.75, 3.05) is 7.11 Å². The molecule has 0 radical (unpaired) electrons. The zero-order valence-electron chi connectivity index (χ0n) is 13.5. The van der Waals surface area contributed by atoms with Gasteiger partial charge in [-0.25, -0.2) is 0 Å². The molecule has 0 saturated carbocycles. The van der Waals surface area contributed by atoms with Crippen molar-refractivity contribution in [3.05, 3.63) is 64.7 Å². The molecular formula is C19H21NO3. The highest BCUT2D eigenvalue weighted by atomic mass is 16.5. The summed E-state index contributed by atoms with van der Waals surface area (Å²) in [6.07, 6.45) is 2.88. The van der Waals surface area contributed by atoms with E-state index in [1.54, 1.807) is 18.2 Å². The minimum absolute atomic E-state index is 0.232. The van der Waals surface area contributed by atoms with Gasteiger partial charge in [0.25, 0.3) is 5.91 Å². The van der Waals surface area contributed by atoms with Crippen LogP contribution in [0.4, 0.5) is 0 Å². The quantitative estimate of drug-likeness (QED) is 0.797. The summed E-state index contributed by atoms with van der Waals surface area (Å²) in [4.78, 5) is 23.2. The van der Waals surface area contributed by atoms with Crippen molar-refractivity contribution in [2.24, 2.45) is 0 Å². The maximum absolute atomic E-state index is 12.2. The van der Waals surface area contributed by atoms with Crippen LogP contribution in [0, 0.1) is 0 Å². The highest BCUT2D eigenvalue weighted by Crippen LogP contribution is 2.16. The molecule has 0 saturated heterocycles.